The van der Waals surface area contributed by atoms with E-state index < -0.39 is 12.1 Å². The molecule has 0 radical (unpaired) electrons. The van der Waals surface area contributed by atoms with Crippen molar-refractivity contribution in [3.63, 3.8) is 0 Å². The first kappa shape index (κ1) is 23.7. The molecule has 6 nitrogen and oxygen atoms in total. The molecule has 0 atom stereocenters. The van der Waals surface area contributed by atoms with E-state index in [-0.39, 0.29) is 12.5 Å². The molecule has 1 amide bonds. The van der Waals surface area contributed by atoms with Crippen molar-refractivity contribution < 1.29 is 24.2 Å². The Balaban J connectivity index is 1.29. The largest absolute Gasteiger partial charge is 0.496 e. The number of fused-ring (bicyclic) bond motifs is 3. The lowest BCUT2D eigenvalue weighted by molar-refractivity contribution is -0.131. The summed E-state index contributed by atoms with van der Waals surface area (Å²) in [7, 11) is 1.52. The lowest BCUT2D eigenvalue weighted by Crippen LogP contribution is -2.26. The van der Waals surface area contributed by atoms with Crippen LogP contribution in [0.15, 0.2) is 72.8 Å². The fourth-order valence-electron chi connectivity index (χ4n) is 4.14. The van der Waals surface area contributed by atoms with E-state index in [1.54, 1.807) is 18.2 Å². The molecule has 0 saturated carbocycles. The number of carboxylic acid groups (broad SMARTS) is 1. The van der Waals surface area contributed by atoms with Crippen LogP contribution in [0, 0.1) is 11.8 Å². The Kier molecular flexibility index (Phi) is 7.49. The van der Waals surface area contributed by atoms with Crippen LogP contribution in [0.3, 0.4) is 0 Å². The smallest absolute Gasteiger partial charge is 0.407 e. The number of carbonyl (C=O) groups excluding carboxylic acids is 1. The molecule has 0 saturated heterocycles. The summed E-state index contributed by atoms with van der Waals surface area (Å²) < 4.78 is 10.8. The number of alkyl carbamates (subject to hydrolysis) is 1. The molecule has 4 rings (SSSR count). The van der Waals surface area contributed by atoms with Crippen molar-refractivity contribution in [2.24, 2.45) is 0 Å². The highest BCUT2D eigenvalue weighted by atomic mass is 16.5. The molecule has 0 spiro atoms. The van der Waals surface area contributed by atoms with Crippen LogP contribution >= 0.6 is 0 Å². The van der Waals surface area contributed by atoms with Crippen molar-refractivity contribution in [3.8, 4) is 28.7 Å². The van der Waals surface area contributed by atoms with Gasteiger partial charge in [0.25, 0.3) is 0 Å². The fraction of sp³-hybridized carbons (Fsp3) is 0.172. The van der Waals surface area contributed by atoms with Crippen LogP contribution in [0.4, 0.5) is 4.79 Å². The number of hydrogen-bond acceptors (Lipinski definition) is 4. The van der Waals surface area contributed by atoms with Gasteiger partial charge in [-0.3, -0.25) is 0 Å². The molecule has 35 heavy (non-hydrogen) atoms. The zero-order valence-corrected chi connectivity index (χ0v) is 19.3. The normalized spacial score (nSPS) is 11.8. The standard InChI is InChI=1S/C29H25NO5/c1-34-27-15-13-20(18-21(27)14-16-28(31)32)8-6-7-17-30-29(33)35-19-26-24-11-4-2-9-22(24)23-10-3-5-12-25(23)26/h2-5,9-16,18,26H,7,17,19H2,1H3,(H,30,33)(H,31,32)/b16-14+. The van der Waals surface area contributed by atoms with Crippen LogP contribution in [0.2, 0.25) is 0 Å². The number of carboxylic acids is 1. The van der Waals surface area contributed by atoms with Crippen LogP contribution in [-0.4, -0.2) is 37.4 Å². The molecule has 2 N–H and O–H groups in total. The molecule has 0 fully saturated rings. The van der Waals surface area contributed by atoms with Gasteiger partial charge in [0, 0.05) is 36.1 Å². The second-order valence-electron chi connectivity index (χ2n) is 7.93. The number of nitrogens with one attached hydrogen (secondary N) is 1. The Morgan fingerprint density at radius 2 is 1.71 bits per heavy atom. The van der Waals surface area contributed by atoms with Gasteiger partial charge in [-0.25, -0.2) is 9.59 Å². The Morgan fingerprint density at radius 3 is 2.37 bits per heavy atom. The molecule has 0 heterocycles. The fourth-order valence-corrected chi connectivity index (χ4v) is 4.14. The molecule has 6 heteroatoms. The monoisotopic (exact) mass is 467 g/mol. The molecule has 3 aromatic carbocycles. The number of amides is 1. The summed E-state index contributed by atoms with van der Waals surface area (Å²) in [6.45, 7) is 0.621. The van der Waals surface area contributed by atoms with Crippen LogP contribution in [0.25, 0.3) is 17.2 Å². The van der Waals surface area contributed by atoms with Gasteiger partial charge in [-0.05, 0) is 46.5 Å². The van der Waals surface area contributed by atoms with E-state index in [0.717, 1.165) is 11.6 Å². The maximum atomic E-state index is 12.2. The number of methoxy groups -OCH3 is 1. The van der Waals surface area contributed by atoms with Crippen LogP contribution < -0.4 is 10.1 Å². The van der Waals surface area contributed by atoms with Gasteiger partial charge in [-0.1, -0.05) is 60.4 Å². The topological polar surface area (TPSA) is 84.9 Å². The first-order valence-corrected chi connectivity index (χ1v) is 11.2. The predicted molar refractivity (Wildman–Crippen MR) is 134 cm³/mol. The SMILES string of the molecule is COc1ccc(C#CCCNC(=O)OCC2c3ccccc3-c3ccccc32)cc1/C=C/C(=O)O. The van der Waals surface area contributed by atoms with Gasteiger partial charge in [0.15, 0.2) is 0 Å². The molecule has 1 aliphatic carbocycles. The summed E-state index contributed by atoms with van der Waals surface area (Å²) in [5.41, 5.74) is 6.06. The summed E-state index contributed by atoms with van der Waals surface area (Å²) in [6.07, 6.45) is 2.48. The highest BCUT2D eigenvalue weighted by Gasteiger charge is 2.28. The number of hydrogen-bond donors (Lipinski definition) is 2. The second kappa shape index (κ2) is 11.1. The minimum absolute atomic E-state index is 0.0207. The average Bonchev–Trinajstić information content (AvgIpc) is 3.19. The molecule has 176 valence electrons. The zero-order valence-electron chi connectivity index (χ0n) is 19.3. The van der Waals surface area contributed by atoms with Gasteiger partial charge in [0.05, 0.1) is 7.11 Å². The average molecular weight is 468 g/mol. The van der Waals surface area contributed by atoms with Gasteiger partial charge in [-0.15, -0.1) is 0 Å². The Hall–Kier alpha value is -4.50. The number of ether oxygens (including phenoxy) is 2. The summed E-state index contributed by atoms with van der Waals surface area (Å²) in [5, 5.41) is 11.6. The van der Waals surface area contributed by atoms with Crippen molar-refractivity contribution in [1.29, 1.82) is 0 Å². The molecule has 0 aliphatic heterocycles. The Labute approximate surface area is 204 Å². The lowest BCUT2D eigenvalue weighted by atomic mass is 9.98. The predicted octanol–water partition coefficient (Wildman–Crippen LogP) is 5.07. The number of rotatable bonds is 7. The van der Waals surface area contributed by atoms with Gasteiger partial charge in [-0.2, -0.15) is 0 Å². The molecule has 1 aliphatic rings. The summed E-state index contributed by atoms with van der Waals surface area (Å²) in [6, 6.07) is 21.7. The first-order valence-electron chi connectivity index (χ1n) is 11.2. The third-order valence-electron chi connectivity index (χ3n) is 5.73. The maximum absolute atomic E-state index is 12.2. The van der Waals surface area contributed by atoms with Crippen molar-refractivity contribution in [2.75, 3.05) is 20.3 Å². The van der Waals surface area contributed by atoms with E-state index >= 15 is 0 Å². The zero-order chi connectivity index (χ0) is 24.6. The third-order valence-corrected chi connectivity index (χ3v) is 5.73. The Morgan fingerprint density at radius 1 is 1.03 bits per heavy atom. The molecular formula is C29H25NO5. The number of carbonyl (C=O) groups is 2. The van der Waals surface area contributed by atoms with Crippen LogP contribution in [-0.2, 0) is 9.53 Å². The summed E-state index contributed by atoms with van der Waals surface area (Å²) in [5.74, 6) is 5.57. The molecule has 0 unspecified atom stereocenters. The number of aliphatic carboxylic acids is 1. The van der Waals surface area contributed by atoms with E-state index in [1.165, 1.54) is 35.4 Å². The van der Waals surface area contributed by atoms with Crippen molar-refractivity contribution in [1.82, 2.24) is 5.32 Å². The number of benzene rings is 3. The first-order chi connectivity index (χ1) is 17.1. The van der Waals surface area contributed by atoms with Crippen molar-refractivity contribution in [2.45, 2.75) is 12.3 Å². The summed E-state index contributed by atoms with van der Waals surface area (Å²) in [4.78, 5) is 23.0. The van der Waals surface area contributed by atoms with E-state index in [0.29, 0.717) is 24.3 Å². The quantitative estimate of drug-likeness (QED) is 0.288. The van der Waals surface area contributed by atoms with E-state index in [1.807, 2.05) is 24.3 Å². The van der Waals surface area contributed by atoms with Gasteiger partial charge < -0.3 is 19.9 Å². The molecular weight excluding hydrogens is 442 g/mol. The van der Waals surface area contributed by atoms with Crippen LogP contribution in [0.1, 0.15) is 34.6 Å². The third kappa shape index (κ3) is 5.71. The molecule has 3 aromatic rings. The van der Waals surface area contributed by atoms with Crippen molar-refractivity contribution in [3.05, 3.63) is 95.1 Å². The van der Waals surface area contributed by atoms with E-state index in [2.05, 4.69) is 41.4 Å². The van der Waals surface area contributed by atoms with E-state index in [4.69, 9.17) is 14.6 Å². The van der Waals surface area contributed by atoms with Gasteiger partial charge in [0.2, 0.25) is 0 Å². The second-order valence-corrected chi connectivity index (χ2v) is 7.93. The molecule has 0 aromatic heterocycles. The van der Waals surface area contributed by atoms with Crippen molar-refractivity contribution >= 4 is 18.1 Å². The van der Waals surface area contributed by atoms with Gasteiger partial charge >= 0.3 is 12.1 Å². The highest BCUT2D eigenvalue weighted by Crippen LogP contribution is 2.44. The van der Waals surface area contributed by atoms with Crippen LogP contribution in [0.5, 0.6) is 5.75 Å². The van der Waals surface area contributed by atoms with E-state index in [9.17, 15) is 9.59 Å². The van der Waals surface area contributed by atoms with Gasteiger partial charge in [0.1, 0.15) is 12.4 Å². The maximum Gasteiger partial charge on any atom is 0.407 e. The minimum atomic E-state index is -1.04. The lowest BCUT2D eigenvalue weighted by Gasteiger charge is -2.14. The minimum Gasteiger partial charge on any atom is -0.496 e. The highest BCUT2D eigenvalue weighted by molar-refractivity contribution is 5.86. The molecule has 0 bridgehead atoms. The summed E-state index contributed by atoms with van der Waals surface area (Å²) >= 11 is 0. The Bertz CT molecular complexity index is 1290.